The Labute approximate surface area is 173 Å². The van der Waals surface area contributed by atoms with Crippen molar-refractivity contribution in [2.24, 2.45) is 0 Å². The number of anilines is 1. The number of nitro benzene ring substituents is 1. The van der Waals surface area contributed by atoms with E-state index >= 15 is 0 Å². The molecule has 0 aromatic heterocycles. The molecule has 0 aliphatic carbocycles. The Morgan fingerprint density at radius 3 is 2.33 bits per heavy atom. The maximum absolute atomic E-state index is 13.5. The molecule has 0 bridgehead atoms. The molecule has 2 rings (SSSR count). The van der Waals surface area contributed by atoms with Crippen LogP contribution in [0.2, 0.25) is 0 Å². The Morgan fingerprint density at radius 2 is 1.77 bits per heavy atom. The fraction of sp³-hybridized carbons (Fsp3) is 0.263. The number of esters is 2. The summed E-state index contributed by atoms with van der Waals surface area (Å²) >= 11 is 0. The van der Waals surface area contributed by atoms with Gasteiger partial charge in [-0.15, -0.1) is 0 Å². The topological polar surface area (TPSA) is 133 Å². The molecule has 0 unspecified atom stereocenters. The molecule has 0 amide bonds. The van der Waals surface area contributed by atoms with E-state index in [1.165, 1.54) is 51.3 Å². The summed E-state index contributed by atoms with van der Waals surface area (Å²) in [5.41, 5.74) is 0.222. The quantitative estimate of drug-likeness (QED) is 0.367. The van der Waals surface area contributed by atoms with Gasteiger partial charge in [-0.05, 0) is 37.1 Å². The number of non-ortho nitro benzene ring substituents is 1. The zero-order valence-electron chi connectivity index (χ0n) is 16.7. The minimum atomic E-state index is -4.44. The van der Waals surface area contributed by atoms with Crippen LogP contribution in [0.4, 0.5) is 11.4 Å². The van der Waals surface area contributed by atoms with Crippen LogP contribution in [-0.4, -0.2) is 46.0 Å². The number of carbonyl (C=O) groups excluding carboxylic acids is 2. The first-order chi connectivity index (χ1) is 14.0. The van der Waals surface area contributed by atoms with E-state index in [-0.39, 0.29) is 27.3 Å². The molecule has 0 atom stereocenters. The molecule has 0 fully saturated rings. The van der Waals surface area contributed by atoms with Crippen molar-refractivity contribution < 1.29 is 32.4 Å². The summed E-state index contributed by atoms with van der Waals surface area (Å²) in [4.78, 5) is 34.1. The Hall–Kier alpha value is -3.47. The van der Waals surface area contributed by atoms with Crippen LogP contribution >= 0.6 is 0 Å². The lowest BCUT2D eigenvalue weighted by Gasteiger charge is -2.26. The van der Waals surface area contributed by atoms with Gasteiger partial charge in [0.25, 0.3) is 15.7 Å². The van der Waals surface area contributed by atoms with E-state index in [9.17, 15) is 28.1 Å². The maximum atomic E-state index is 13.5. The molecule has 0 aliphatic rings. The highest BCUT2D eigenvalue weighted by molar-refractivity contribution is 7.93. The van der Waals surface area contributed by atoms with Crippen molar-refractivity contribution in [1.29, 1.82) is 0 Å². The standard InChI is InChI=1S/C19H20N2O8S/c1-12-8-9-14(21(24)25)10-17(12)30(26,27)20(11-18(22)28-3)16-7-5-6-15(13(16)2)19(23)29-4/h5-10H,11H2,1-4H3. The van der Waals surface area contributed by atoms with Gasteiger partial charge in [-0.25, -0.2) is 13.2 Å². The Bertz CT molecular complexity index is 1110. The maximum Gasteiger partial charge on any atom is 0.338 e. The third-order valence-electron chi connectivity index (χ3n) is 4.43. The van der Waals surface area contributed by atoms with Crippen LogP contribution in [0.5, 0.6) is 0 Å². The molecule has 11 heteroatoms. The molecule has 160 valence electrons. The van der Waals surface area contributed by atoms with Gasteiger partial charge in [-0.2, -0.15) is 0 Å². The summed E-state index contributed by atoms with van der Waals surface area (Å²) < 4.78 is 37.0. The summed E-state index contributed by atoms with van der Waals surface area (Å²) in [6, 6.07) is 7.71. The van der Waals surface area contributed by atoms with Gasteiger partial charge in [0.05, 0.1) is 35.3 Å². The van der Waals surface area contributed by atoms with E-state index in [1.807, 2.05) is 0 Å². The smallest absolute Gasteiger partial charge is 0.338 e. The average Bonchev–Trinajstić information content (AvgIpc) is 2.71. The summed E-state index contributed by atoms with van der Waals surface area (Å²) in [5.74, 6) is -1.54. The third-order valence-corrected chi connectivity index (χ3v) is 6.33. The number of hydrogen-bond acceptors (Lipinski definition) is 8. The van der Waals surface area contributed by atoms with Crippen molar-refractivity contribution in [3.63, 3.8) is 0 Å². The highest BCUT2D eigenvalue weighted by Crippen LogP contribution is 2.31. The molecular weight excluding hydrogens is 416 g/mol. The Kier molecular flexibility index (Phi) is 6.77. The van der Waals surface area contributed by atoms with Gasteiger partial charge < -0.3 is 9.47 Å². The number of hydrogen-bond donors (Lipinski definition) is 0. The number of nitrogens with zero attached hydrogens (tertiary/aromatic N) is 2. The van der Waals surface area contributed by atoms with E-state index in [2.05, 4.69) is 4.74 Å². The Morgan fingerprint density at radius 1 is 1.10 bits per heavy atom. The van der Waals surface area contributed by atoms with Gasteiger partial charge in [-0.3, -0.25) is 19.2 Å². The minimum Gasteiger partial charge on any atom is -0.468 e. The third kappa shape index (κ3) is 4.40. The lowest BCUT2D eigenvalue weighted by Crippen LogP contribution is -2.37. The van der Waals surface area contributed by atoms with Crippen molar-refractivity contribution in [2.45, 2.75) is 18.7 Å². The molecule has 0 spiro atoms. The van der Waals surface area contributed by atoms with Crippen LogP contribution < -0.4 is 4.31 Å². The summed E-state index contributed by atoms with van der Waals surface area (Å²) in [6.07, 6.45) is 0. The molecule has 0 saturated heterocycles. The SMILES string of the molecule is COC(=O)CN(c1cccc(C(=O)OC)c1C)S(=O)(=O)c1cc([N+](=O)[O-])ccc1C. The summed E-state index contributed by atoms with van der Waals surface area (Å²) in [6.45, 7) is 2.28. The minimum absolute atomic E-state index is 0.0363. The zero-order chi connectivity index (χ0) is 22.6. The molecule has 2 aromatic carbocycles. The van der Waals surface area contributed by atoms with Crippen LogP contribution in [0, 0.1) is 24.0 Å². The van der Waals surface area contributed by atoms with E-state index in [1.54, 1.807) is 0 Å². The largest absolute Gasteiger partial charge is 0.468 e. The van der Waals surface area contributed by atoms with Gasteiger partial charge in [-0.1, -0.05) is 12.1 Å². The molecule has 30 heavy (non-hydrogen) atoms. The van der Waals surface area contributed by atoms with Crippen molar-refractivity contribution in [2.75, 3.05) is 25.1 Å². The second kappa shape index (κ2) is 8.91. The first kappa shape index (κ1) is 22.8. The molecule has 0 radical (unpaired) electrons. The van der Waals surface area contributed by atoms with E-state index < -0.39 is 39.1 Å². The molecular formula is C19H20N2O8S. The lowest BCUT2D eigenvalue weighted by molar-refractivity contribution is -0.385. The van der Waals surface area contributed by atoms with Gasteiger partial charge in [0.2, 0.25) is 0 Å². The van der Waals surface area contributed by atoms with Gasteiger partial charge in [0, 0.05) is 12.1 Å². The first-order valence-corrected chi connectivity index (χ1v) is 10.0. The van der Waals surface area contributed by atoms with Crippen molar-refractivity contribution in [1.82, 2.24) is 0 Å². The molecule has 2 aromatic rings. The van der Waals surface area contributed by atoms with Gasteiger partial charge >= 0.3 is 11.9 Å². The van der Waals surface area contributed by atoms with E-state index in [0.717, 1.165) is 17.5 Å². The second-order valence-electron chi connectivity index (χ2n) is 6.24. The highest BCUT2D eigenvalue weighted by atomic mass is 32.2. The average molecular weight is 436 g/mol. The normalized spacial score (nSPS) is 10.9. The number of rotatable bonds is 7. The number of carbonyl (C=O) groups is 2. The number of aryl methyl sites for hydroxylation is 1. The van der Waals surface area contributed by atoms with Crippen LogP contribution in [0.3, 0.4) is 0 Å². The summed E-state index contributed by atoms with van der Waals surface area (Å²) in [5, 5.41) is 11.1. The predicted molar refractivity (Wildman–Crippen MR) is 107 cm³/mol. The molecule has 0 aliphatic heterocycles. The molecule has 0 saturated carbocycles. The number of benzene rings is 2. The fourth-order valence-electron chi connectivity index (χ4n) is 2.81. The Balaban J connectivity index is 2.75. The highest BCUT2D eigenvalue weighted by Gasteiger charge is 2.32. The zero-order valence-corrected chi connectivity index (χ0v) is 17.6. The van der Waals surface area contributed by atoms with Crippen molar-refractivity contribution in [3.8, 4) is 0 Å². The second-order valence-corrected chi connectivity index (χ2v) is 8.07. The van der Waals surface area contributed by atoms with E-state index in [4.69, 9.17) is 4.74 Å². The van der Waals surface area contributed by atoms with Crippen LogP contribution in [0.25, 0.3) is 0 Å². The summed E-state index contributed by atoms with van der Waals surface area (Å²) in [7, 11) is -2.16. The number of methoxy groups -OCH3 is 2. The predicted octanol–water partition coefficient (Wildman–Crippen LogP) is 2.37. The number of sulfonamides is 1. The fourth-order valence-corrected chi connectivity index (χ4v) is 4.52. The lowest BCUT2D eigenvalue weighted by atomic mass is 10.1. The van der Waals surface area contributed by atoms with Crippen LogP contribution in [0.1, 0.15) is 21.5 Å². The molecule has 0 N–H and O–H groups in total. The molecule has 10 nitrogen and oxygen atoms in total. The molecule has 0 heterocycles. The first-order valence-electron chi connectivity index (χ1n) is 8.57. The van der Waals surface area contributed by atoms with Gasteiger partial charge in [0.1, 0.15) is 6.54 Å². The van der Waals surface area contributed by atoms with Crippen molar-refractivity contribution >= 4 is 33.3 Å². The van der Waals surface area contributed by atoms with E-state index in [0.29, 0.717) is 0 Å². The van der Waals surface area contributed by atoms with Crippen LogP contribution in [0.15, 0.2) is 41.3 Å². The van der Waals surface area contributed by atoms with Crippen LogP contribution in [-0.2, 0) is 24.3 Å². The van der Waals surface area contributed by atoms with Crippen molar-refractivity contribution in [3.05, 3.63) is 63.2 Å². The number of nitro groups is 1. The van der Waals surface area contributed by atoms with Gasteiger partial charge in [0.15, 0.2) is 0 Å². The monoisotopic (exact) mass is 436 g/mol. The number of ether oxygens (including phenoxy) is 2.